The summed E-state index contributed by atoms with van der Waals surface area (Å²) in [5, 5.41) is 11.4. The summed E-state index contributed by atoms with van der Waals surface area (Å²) in [7, 11) is 0. The largest absolute Gasteiger partial charge is 0.289 e. The van der Waals surface area contributed by atoms with Crippen molar-refractivity contribution in [1.82, 2.24) is 5.06 Å². The van der Waals surface area contributed by atoms with Gasteiger partial charge in [-0.15, -0.1) is 0 Å². The molecular weight excluding hydrogens is 276 g/mol. The lowest BCUT2D eigenvalue weighted by Gasteiger charge is -2.22. The fourth-order valence-corrected chi connectivity index (χ4v) is 2.15. The van der Waals surface area contributed by atoms with Crippen LogP contribution in [0.5, 0.6) is 0 Å². The van der Waals surface area contributed by atoms with E-state index in [0.29, 0.717) is 5.71 Å². The number of nitrogens with zero attached hydrogens (tertiary/aromatic N) is 2. The third kappa shape index (κ3) is 4.82. The van der Waals surface area contributed by atoms with Gasteiger partial charge in [-0.05, 0) is 36.6 Å². The Bertz CT molecular complexity index is 624. The first kappa shape index (κ1) is 15.9. The Morgan fingerprint density at radius 3 is 2.45 bits per heavy atom. The van der Waals surface area contributed by atoms with Crippen molar-refractivity contribution in [3.63, 3.8) is 0 Å². The average Bonchev–Trinajstić information content (AvgIpc) is 2.49. The molecular formula is C18H20N2O2. The molecule has 4 heteroatoms. The maximum atomic E-state index is 10.9. The molecule has 0 aliphatic heterocycles. The molecule has 1 unspecified atom stereocenters. The molecule has 114 valence electrons. The smallest absolute Gasteiger partial charge is 0.243 e. The molecule has 1 N–H and O–H groups in total. The first-order valence-electron chi connectivity index (χ1n) is 7.23. The fraction of sp³-hybridized carbons (Fsp3) is 0.222. The zero-order valence-electron chi connectivity index (χ0n) is 12.8. The van der Waals surface area contributed by atoms with Crippen LogP contribution in [0.3, 0.4) is 0 Å². The number of allylic oxidation sites excluding steroid dienone is 5. The molecule has 0 saturated heterocycles. The van der Waals surface area contributed by atoms with E-state index < -0.39 is 0 Å². The second kappa shape index (κ2) is 7.52. The van der Waals surface area contributed by atoms with Crippen LogP contribution in [0, 0.1) is 0 Å². The molecule has 2 rings (SSSR count). The van der Waals surface area contributed by atoms with E-state index >= 15 is 0 Å². The van der Waals surface area contributed by atoms with Crippen molar-refractivity contribution < 1.29 is 10.0 Å². The van der Waals surface area contributed by atoms with Gasteiger partial charge >= 0.3 is 0 Å². The topological polar surface area (TPSA) is 52.9 Å². The van der Waals surface area contributed by atoms with Gasteiger partial charge in [-0.2, -0.15) is 0 Å². The van der Waals surface area contributed by atoms with E-state index in [1.54, 1.807) is 18.4 Å². The minimum absolute atomic E-state index is 0.0380. The minimum atomic E-state index is -0.225. The molecule has 0 aromatic heterocycles. The van der Waals surface area contributed by atoms with Crippen molar-refractivity contribution in [3.05, 3.63) is 72.0 Å². The van der Waals surface area contributed by atoms with E-state index in [-0.39, 0.29) is 11.9 Å². The number of carbonyl (C=O) groups excluding carboxylic acids is 1. The van der Waals surface area contributed by atoms with Gasteiger partial charge in [-0.3, -0.25) is 15.1 Å². The van der Waals surface area contributed by atoms with Gasteiger partial charge in [0.05, 0.1) is 11.8 Å². The van der Waals surface area contributed by atoms with Gasteiger partial charge in [0.1, 0.15) is 0 Å². The highest BCUT2D eigenvalue weighted by molar-refractivity contribution is 6.10. The molecule has 1 atom stereocenters. The Morgan fingerprint density at radius 1 is 1.23 bits per heavy atom. The van der Waals surface area contributed by atoms with Gasteiger partial charge < -0.3 is 0 Å². The van der Waals surface area contributed by atoms with Crippen LogP contribution in [0.25, 0.3) is 0 Å². The second-order valence-electron chi connectivity index (χ2n) is 5.27. The number of aliphatic imine (C=N–C) groups is 1. The number of hydroxylamine groups is 2. The molecule has 1 aliphatic carbocycles. The Hall–Kier alpha value is -2.46. The van der Waals surface area contributed by atoms with E-state index in [4.69, 9.17) is 0 Å². The molecule has 1 amide bonds. The van der Waals surface area contributed by atoms with E-state index in [1.165, 1.54) is 17.6 Å². The summed E-state index contributed by atoms with van der Waals surface area (Å²) in [5.74, 6) is -0.225. The predicted octanol–water partition coefficient (Wildman–Crippen LogP) is 3.31. The summed E-state index contributed by atoms with van der Waals surface area (Å²) in [6.07, 6.45) is 9.57. The molecule has 0 radical (unpaired) electrons. The standard InChI is InChI=1S/C18H20N2O2/c1-14(12-16-6-4-3-5-7-16)20(22)13-17-8-10-18(11-9-17)19-15(2)21/h3-11,13-14,22H,12H2,1-2H3. The highest BCUT2D eigenvalue weighted by Crippen LogP contribution is 2.12. The number of hydrogen-bond donors (Lipinski definition) is 1. The van der Waals surface area contributed by atoms with E-state index in [2.05, 4.69) is 4.99 Å². The molecule has 22 heavy (non-hydrogen) atoms. The number of hydrogen-bond acceptors (Lipinski definition) is 3. The Morgan fingerprint density at radius 2 is 1.86 bits per heavy atom. The van der Waals surface area contributed by atoms with Crippen LogP contribution in [0.1, 0.15) is 19.4 Å². The van der Waals surface area contributed by atoms with Crippen molar-refractivity contribution in [2.75, 3.05) is 0 Å². The molecule has 1 aliphatic rings. The van der Waals surface area contributed by atoms with Crippen LogP contribution in [-0.4, -0.2) is 27.9 Å². The average molecular weight is 296 g/mol. The summed E-state index contributed by atoms with van der Waals surface area (Å²) in [6.45, 7) is 3.38. The van der Waals surface area contributed by atoms with E-state index in [1.807, 2.05) is 49.4 Å². The van der Waals surface area contributed by atoms with Crippen molar-refractivity contribution in [2.45, 2.75) is 26.3 Å². The Kier molecular flexibility index (Phi) is 5.44. The summed E-state index contributed by atoms with van der Waals surface area (Å²) in [6, 6.07) is 10.0. The number of carbonyl (C=O) groups is 1. The van der Waals surface area contributed by atoms with Crippen LogP contribution in [0.2, 0.25) is 0 Å². The van der Waals surface area contributed by atoms with E-state index in [9.17, 15) is 10.0 Å². The predicted molar refractivity (Wildman–Crippen MR) is 87.7 cm³/mol. The first-order valence-corrected chi connectivity index (χ1v) is 7.23. The van der Waals surface area contributed by atoms with Gasteiger partial charge in [-0.25, -0.2) is 4.99 Å². The zero-order valence-corrected chi connectivity index (χ0v) is 12.8. The molecule has 4 nitrogen and oxygen atoms in total. The fourth-order valence-electron chi connectivity index (χ4n) is 2.15. The highest BCUT2D eigenvalue weighted by atomic mass is 16.5. The monoisotopic (exact) mass is 296 g/mol. The van der Waals surface area contributed by atoms with Crippen molar-refractivity contribution in [1.29, 1.82) is 0 Å². The van der Waals surface area contributed by atoms with Crippen LogP contribution in [0.15, 0.2) is 71.4 Å². The van der Waals surface area contributed by atoms with Crippen LogP contribution < -0.4 is 0 Å². The lowest BCUT2D eigenvalue weighted by molar-refractivity contribution is -0.115. The van der Waals surface area contributed by atoms with Gasteiger partial charge in [0, 0.05) is 13.1 Å². The summed E-state index contributed by atoms with van der Waals surface area (Å²) in [4.78, 5) is 14.8. The lowest BCUT2D eigenvalue weighted by atomic mass is 10.1. The summed E-state index contributed by atoms with van der Waals surface area (Å²) >= 11 is 0. The molecule has 0 fully saturated rings. The molecule has 1 aromatic carbocycles. The molecule has 1 aromatic rings. The van der Waals surface area contributed by atoms with Crippen LogP contribution >= 0.6 is 0 Å². The number of rotatable bonds is 4. The first-order chi connectivity index (χ1) is 10.5. The van der Waals surface area contributed by atoms with Crippen LogP contribution in [0.4, 0.5) is 0 Å². The van der Waals surface area contributed by atoms with Gasteiger partial charge in [0.25, 0.3) is 0 Å². The molecule has 0 saturated carbocycles. The Labute approximate surface area is 130 Å². The van der Waals surface area contributed by atoms with Crippen LogP contribution in [-0.2, 0) is 11.2 Å². The SMILES string of the molecule is CC(=O)N=C1C=CC(=CN(O)C(C)Cc2ccccc2)C=C1. The Balaban J connectivity index is 1.98. The van der Waals surface area contributed by atoms with Crippen molar-refractivity contribution >= 4 is 11.6 Å². The van der Waals surface area contributed by atoms with Gasteiger partial charge in [0.2, 0.25) is 5.91 Å². The van der Waals surface area contributed by atoms with Gasteiger partial charge in [0.15, 0.2) is 0 Å². The zero-order chi connectivity index (χ0) is 15.9. The molecule has 0 heterocycles. The third-order valence-electron chi connectivity index (χ3n) is 3.29. The van der Waals surface area contributed by atoms with Crippen molar-refractivity contribution in [3.8, 4) is 0 Å². The second-order valence-corrected chi connectivity index (χ2v) is 5.27. The van der Waals surface area contributed by atoms with Gasteiger partial charge in [-0.1, -0.05) is 42.5 Å². The quantitative estimate of drug-likeness (QED) is 0.867. The minimum Gasteiger partial charge on any atom is -0.289 e. The summed E-state index contributed by atoms with van der Waals surface area (Å²) in [5.41, 5.74) is 2.65. The summed E-state index contributed by atoms with van der Waals surface area (Å²) < 4.78 is 0. The normalized spacial score (nSPS) is 14.7. The third-order valence-corrected chi connectivity index (χ3v) is 3.29. The maximum absolute atomic E-state index is 10.9. The lowest BCUT2D eigenvalue weighted by Crippen LogP contribution is -2.27. The van der Waals surface area contributed by atoms with E-state index in [0.717, 1.165) is 12.0 Å². The molecule has 0 bridgehead atoms. The maximum Gasteiger partial charge on any atom is 0.243 e. The highest BCUT2D eigenvalue weighted by Gasteiger charge is 2.09. The molecule has 0 spiro atoms. The van der Waals surface area contributed by atoms with Crippen molar-refractivity contribution in [2.24, 2.45) is 4.99 Å². The number of amides is 1. The number of benzene rings is 1.